The molecule has 0 radical (unpaired) electrons. The standard InChI is InChI=1S/C12H13N3O5/c1-8-4-5-9(12(13-8)15(18)19)20-7-11(17)14-6-2-3-10(14)16/h4-5H,2-3,6-7H2,1H3. The molecule has 0 aliphatic carbocycles. The summed E-state index contributed by atoms with van der Waals surface area (Å²) in [6.07, 6.45) is 0.981. The largest absolute Gasteiger partial charge is 0.476 e. The molecular formula is C12H13N3O5. The molecule has 1 aliphatic rings. The maximum absolute atomic E-state index is 11.8. The zero-order valence-corrected chi connectivity index (χ0v) is 10.9. The number of aromatic nitrogens is 1. The first-order chi connectivity index (χ1) is 9.49. The SMILES string of the molecule is Cc1ccc(OCC(=O)N2CCCC2=O)c([N+](=O)[O-])n1. The molecule has 20 heavy (non-hydrogen) atoms. The summed E-state index contributed by atoms with van der Waals surface area (Å²) in [5.41, 5.74) is 0.477. The molecule has 0 aromatic carbocycles. The second-order valence-corrected chi connectivity index (χ2v) is 4.36. The molecule has 1 aromatic heterocycles. The third-order valence-corrected chi connectivity index (χ3v) is 2.88. The van der Waals surface area contributed by atoms with E-state index in [0.29, 0.717) is 25.1 Å². The average molecular weight is 279 g/mol. The molecule has 2 heterocycles. The number of likely N-dealkylation sites (tertiary alicyclic amines) is 1. The Labute approximate surface area is 114 Å². The molecule has 8 nitrogen and oxygen atoms in total. The summed E-state index contributed by atoms with van der Waals surface area (Å²) >= 11 is 0. The number of hydrogen-bond acceptors (Lipinski definition) is 6. The number of hydrogen-bond donors (Lipinski definition) is 0. The molecule has 1 fully saturated rings. The Bertz CT molecular complexity index is 572. The first kappa shape index (κ1) is 13.9. The van der Waals surface area contributed by atoms with E-state index in [9.17, 15) is 19.7 Å². The second kappa shape index (κ2) is 5.64. The summed E-state index contributed by atoms with van der Waals surface area (Å²) in [5, 5.41) is 10.8. The van der Waals surface area contributed by atoms with E-state index in [0.717, 1.165) is 4.90 Å². The lowest BCUT2D eigenvalue weighted by Crippen LogP contribution is -2.35. The molecule has 8 heteroatoms. The Morgan fingerprint density at radius 3 is 2.90 bits per heavy atom. The fourth-order valence-electron chi connectivity index (χ4n) is 1.90. The van der Waals surface area contributed by atoms with E-state index in [1.54, 1.807) is 13.0 Å². The minimum atomic E-state index is -0.673. The molecule has 1 aliphatic heterocycles. The molecule has 1 saturated heterocycles. The van der Waals surface area contributed by atoms with Crippen LogP contribution in [-0.2, 0) is 9.59 Å². The van der Waals surface area contributed by atoms with Crippen LogP contribution in [0.4, 0.5) is 5.82 Å². The number of nitrogens with zero attached hydrogens (tertiary/aromatic N) is 3. The van der Waals surface area contributed by atoms with Gasteiger partial charge in [0.05, 0.1) is 0 Å². The number of pyridine rings is 1. The summed E-state index contributed by atoms with van der Waals surface area (Å²) in [4.78, 5) is 38.2. The van der Waals surface area contributed by atoms with Crippen molar-refractivity contribution >= 4 is 17.6 Å². The van der Waals surface area contributed by atoms with E-state index >= 15 is 0 Å². The van der Waals surface area contributed by atoms with Crippen LogP contribution < -0.4 is 4.74 Å². The molecule has 0 spiro atoms. The van der Waals surface area contributed by atoms with Crippen LogP contribution in [0.5, 0.6) is 5.75 Å². The van der Waals surface area contributed by atoms with Crippen LogP contribution in [0.3, 0.4) is 0 Å². The van der Waals surface area contributed by atoms with Crippen molar-refractivity contribution < 1.29 is 19.2 Å². The summed E-state index contributed by atoms with van der Waals surface area (Å²) in [6.45, 7) is 1.57. The van der Waals surface area contributed by atoms with Gasteiger partial charge in [0.25, 0.3) is 5.91 Å². The maximum atomic E-state index is 11.8. The number of carbonyl (C=O) groups is 2. The number of aryl methyl sites for hydroxylation is 1. The van der Waals surface area contributed by atoms with Crippen molar-refractivity contribution in [1.82, 2.24) is 9.88 Å². The van der Waals surface area contributed by atoms with Gasteiger partial charge in [-0.25, -0.2) is 0 Å². The Balaban J connectivity index is 2.05. The third kappa shape index (κ3) is 2.90. The number of ether oxygens (including phenoxy) is 1. The Morgan fingerprint density at radius 1 is 1.55 bits per heavy atom. The molecule has 106 valence electrons. The topological polar surface area (TPSA) is 103 Å². The normalized spacial score (nSPS) is 14.4. The van der Waals surface area contributed by atoms with Crippen LogP contribution in [0.25, 0.3) is 0 Å². The van der Waals surface area contributed by atoms with Crippen molar-refractivity contribution in [3.05, 3.63) is 27.9 Å². The van der Waals surface area contributed by atoms with Crippen LogP contribution in [-0.4, -0.2) is 39.8 Å². The number of carbonyl (C=O) groups excluding carboxylic acids is 2. The summed E-state index contributed by atoms with van der Waals surface area (Å²) in [7, 11) is 0. The van der Waals surface area contributed by atoms with Gasteiger partial charge in [-0.3, -0.25) is 14.5 Å². The highest BCUT2D eigenvalue weighted by Gasteiger charge is 2.27. The second-order valence-electron chi connectivity index (χ2n) is 4.36. The van der Waals surface area contributed by atoms with Gasteiger partial charge >= 0.3 is 5.82 Å². The quantitative estimate of drug-likeness (QED) is 0.597. The van der Waals surface area contributed by atoms with E-state index in [1.165, 1.54) is 6.07 Å². The van der Waals surface area contributed by atoms with E-state index in [1.807, 2.05) is 0 Å². The first-order valence-electron chi connectivity index (χ1n) is 6.07. The molecule has 0 unspecified atom stereocenters. The molecule has 0 N–H and O–H groups in total. The van der Waals surface area contributed by atoms with Crippen molar-refractivity contribution in [3.8, 4) is 5.75 Å². The van der Waals surface area contributed by atoms with E-state index < -0.39 is 23.3 Å². The van der Waals surface area contributed by atoms with Gasteiger partial charge in [0.2, 0.25) is 11.7 Å². The minimum Gasteiger partial charge on any atom is -0.476 e. The zero-order valence-electron chi connectivity index (χ0n) is 10.9. The van der Waals surface area contributed by atoms with E-state index in [2.05, 4.69) is 4.98 Å². The molecule has 2 rings (SSSR count). The van der Waals surface area contributed by atoms with Crippen molar-refractivity contribution in [2.24, 2.45) is 0 Å². The highest BCUT2D eigenvalue weighted by atomic mass is 16.6. The zero-order chi connectivity index (χ0) is 14.7. The summed E-state index contributed by atoms with van der Waals surface area (Å²) < 4.78 is 5.13. The predicted octanol–water partition coefficient (Wildman–Crippen LogP) is 0.826. The van der Waals surface area contributed by atoms with E-state index in [4.69, 9.17) is 4.74 Å². The first-order valence-corrected chi connectivity index (χ1v) is 6.07. The lowest BCUT2D eigenvalue weighted by Gasteiger charge is -2.13. The molecule has 0 atom stereocenters. The Hall–Kier alpha value is -2.51. The fourth-order valence-corrected chi connectivity index (χ4v) is 1.90. The van der Waals surface area contributed by atoms with Gasteiger partial charge in [0.15, 0.2) is 6.61 Å². The number of amides is 2. The van der Waals surface area contributed by atoms with Crippen LogP contribution >= 0.6 is 0 Å². The highest BCUT2D eigenvalue weighted by Crippen LogP contribution is 2.24. The third-order valence-electron chi connectivity index (χ3n) is 2.88. The van der Waals surface area contributed by atoms with Crippen molar-refractivity contribution in [3.63, 3.8) is 0 Å². The van der Waals surface area contributed by atoms with Gasteiger partial charge in [-0.2, -0.15) is 0 Å². The van der Waals surface area contributed by atoms with Crippen LogP contribution in [0, 0.1) is 17.0 Å². The van der Waals surface area contributed by atoms with Gasteiger partial charge in [-0.1, -0.05) is 0 Å². The number of rotatable bonds is 4. The van der Waals surface area contributed by atoms with E-state index in [-0.39, 0.29) is 11.7 Å². The fraction of sp³-hybridized carbons (Fsp3) is 0.417. The van der Waals surface area contributed by atoms with Gasteiger partial charge in [-0.05, 0) is 28.5 Å². The molecule has 2 amide bonds. The van der Waals surface area contributed by atoms with Crippen LogP contribution in [0.15, 0.2) is 12.1 Å². The van der Waals surface area contributed by atoms with Crippen molar-refractivity contribution in [2.75, 3.05) is 13.2 Å². The Kier molecular flexibility index (Phi) is 3.92. The minimum absolute atomic E-state index is 0.0828. The summed E-state index contributed by atoms with van der Waals surface area (Å²) in [5.74, 6) is -1.26. The predicted molar refractivity (Wildman–Crippen MR) is 67.1 cm³/mol. The monoisotopic (exact) mass is 279 g/mol. The lowest BCUT2D eigenvalue weighted by atomic mass is 10.3. The molecule has 1 aromatic rings. The van der Waals surface area contributed by atoms with Crippen molar-refractivity contribution in [2.45, 2.75) is 19.8 Å². The summed E-state index contributed by atoms with van der Waals surface area (Å²) in [6, 6.07) is 2.94. The number of nitro groups is 1. The Morgan fingerprint density at radius 2 is 2.30 bits per heavy atom. The maximum Gasteiger partial charge on any atom is 0.406 e. The van der Waals surface area contributed by atoms with Gasteiger partial charge in [0, 0.05) is 19.9 Å². The number of imide groups is 1. The smallest absolute Gasteiger partial charge is 0.406 e. The van der Waals surface area contributed by atoms with Crippen LogP contribution in [0.2, 0.25) is 0 Å². The van der Waals surface area contributed by atoms with Gasteiger partial charge in [-0.15, -0.1) is 0 Å². The molecular weight excluding hydrogens is 266 g/mol. The lowest BCUT2D eigenvalue weighted by molar-refractivity contribution is -0.390. The van der Waals surface area contributed by atoms with Gasteiger partial charge in [0.1, 0.15) is 5.69 Å². The van der Waals surface area contributed by atoms with Gasteiger partial charge < -0.3 is 14.9 Å². The highest BCUT2D eigenvalue weighted by molar-refractivity contribution is 5.97. The van der Waals surface area contributed by atoms with Crippen LogP contribution in [0.1, 0.15) is 18.5 Å². The average Bonchev–Trinajstić information content (AvgIpc) is 2.83. The molecule has 0 saturated carbocycles. The molecule has 0 bridgehead atoms. The van der Waals surface area contributed by atoms with Crippen molar-refractivity contribution in [1.29, 1.82) is 0 Å².